The predicted molar refractivity (Wildman–Crippen MR) is 95.3 cm³/mol. The van der Waals surface area contributed by atoms with E-state index >= 15 is 0 Å². The summed E-state index contributed by atoms with van der Waals surface area (Å²) < 4.78 is 5.18. The second-order valence-electron chi connectivity index (χ2n) is 6.62. The number of carboxylic acids is 1. The minimum Gasteiger partial charge on any atom is -0.481 e. The van der Waals surface area contributed by atoms with Gasteiger partial charge < -0.3 is 25.1 Å². The standard InChI is InChI=1S/C7H15NO2.C5H11NO2.C5H10O/c9-5-1-2-8-3-6-10-7-4-8;1-6-4-2-3-5(7)8;1-5(2,3)4-6/h9H,1-7H2;6H,2-4H2,1H3,(H,7,8);4H,1-3H3. The number of nitrogens with one attached hydrogen (secondary N) is 1. The fourth-order valence-electron chi connectivity index (χ4n) is 1.54. The van der Waals surface area contributed by atoms with E-state index in [0.29, 0.717) is 13.0 Å². The maximum absolute atomic E-state index is 9.85. The van der Waals surface area contributed by atoms with Crippen molar-refractivity contribution in [2.75, 3.05) is 53.0 Å². The van der Waals surface area contributed by atoms with Crippen molar-refractivity contribution in [3.63, 3.8) is 0 Å². The summed E-state index contributed by atoms with van der Waals surface area (Å²) in [6.45, 7) is 11.5. The Balaban J connectivity index is 0. The zero-order chi connectivity index (χ0) is 18.8. The van der Waals surface area contributed by atoms with Gasteiger partial charge in [0.2, 0.25) is 0 Å². The first-order chi connectivity index (χ1) is 11.3. The Kier molecular flexibility index (Phi) is 17.7. The van der Waals surface area contributed by atoms with E-state index in [1.54, 1.807) is 0 Å². The summed E-state index contributed by atoms with van der Waals surface area (Å²) >= 11 is 0. The van der Waals surface area contributed by atoms with Crippen LogP contribution in [0, 0.1) is 5.41 Å². The number of hydrogen-bond acceptors (Lipinski definition) is 6. The van der Waals surface area contributed by atoms with Gasteiger partial charge in [0.05, 0.1) is 13.2 Å². The molecule has 0 amide bonds. The molecule has 7 heteroatoms. The average Bonchev–Trinajstić information content (AvgIpc) is 2.54. The van der Waals surface area contributed by atoms with Crippen LogP contribution in [0.25, 0.3) is 0 Å². The monoisotopic (exact) mass is 348 g/mol. The molecule has 3 N–H and O–H groups in total. The molecule has 0 saturated carbocycles. The van der Waals surface area contributed by atoms with Crippen molar-refractivity contribution in [3.8, 4) is 0 Å². The highest BCUT2D eigenvalue weighted by Gasteiger charge is 2.08. The minimum atomic E-state index is -0.722. The molecular weight excluding hydrogens is 312 g/mol. The molecule has 1 aliphatic rings. The third-order valence-corrected chi connectivity index (χ3v) is 2.91. The summed E-state index contributed by atoms with van der Waals surface area (Å²) in [6.07, 6.45) is 2.81. The SMILES string of the molecule is CC(C)(C)C=O.CNCCCC(=O)O.OCCCN1CCOCC1. The molecule has 144 valence electrons. The fourth-order valence-corrected chi connectivity index (χ4v) is 1.54. The van der Waals surface area contributed by atoms with E-state index < -0.39 is 5.97 Å². The summed E-state index contributed by atoms with van der Waals surface area (Å²) in [5.74, 6) is -0.722. The molecule has 0 aromatic carbocycles. The van der Waals surface area contributed by atoms with Gasteiger partial charge in [0, 0.05) is 38.1 Å². The van der Waals surface area contributed by atoms with Crippen LogP contribution in [0.5, 0.6) is 0 Å². The van der Waals surface area contributed by atoms with Crippen LogP contribution < -0.4 is 5.32 Å². The molecule has 1 heterocycles. The van der Waals surface area contributed by atoms with Gasteiger partial charge in [0.25, 0.3) is 0 Å². The number of carboxylic acid groups (broad SMARTS) is 1. The molecule has 0 radical (unpaired) electrons. The first kappa shape index (κ1) is 25.2. The topological polar surface area (TPSA) is 99.1 Å². The molecule has 1 fully saturated rings. The van der Waals surface area contributed by atoms with E-state index in [4.69, 9.17) is 14.9 Å². The van der Waals surface area contributed by atoms with Gasteiger partial charge in [-0.3, -0.25) is 9.69 Å². The molecule has 0 unspecified atom stereocenters. The number of ether oxygens (including phenoxy) is 1. The number of aldehydes is 1. The van der Waals surface area contributed by atoms with Crippen molar-refractivity contribution in [2.45, 2.75) is 40.0 Å². The van der Waals surface area contributed by atoms with Crippen LogP contribution >= 0.6 is 0 Å². The summed E-state index contributed by atoms with van der Waals surface area (Å²) in [5, 5.41) is 19.5. The Bertz CT molecular complexity index is 300. The van der Waals surface area contributed by atoms with E-state index in [0.717, 1.165) is 52.1 Å². The number of hydrogen-bond donors (Lipinski definition) is 3. The summed E-state index contributed by atoms with van der Waals surface area (Å²) in [6, 6.07) is 0. The van der Waals surface area contributed by atoms with E-state index in [-0.39, 0.29) is 11.8 Å². The molecular formula is C17H36N2O5. The van der Waals surface area contributed by atoms with Crippen molar-refractivity contribution in [2.24, 2.45) is 5.41 Å². The molecule has 24 heavy (non-hydrogen) atoms. The van der Waals surface area contributed by atoms with Crippen molar-refractivity contribution < 1.29 is 24.5 Å². The van der Waals surface area contributed by atoms with E-state index in [1.165, 1.54) is 0 Å². The Labute approximate surface area is 146 Å². The highest BCUT2D eigenvalue weighted by Crippen LogP contribution is 2.05. The van der Waals surface area contributed by atoms with Gasteiger partial charge in [0.15, 0.2) is 0 Å². The minimum absolute atomic E-state index is 0.139. The van der Waals surface area contributed by atoms with Crippen LogP contribution in [0.1, 0.15) is 40.0 Å². The lowest BCUT2D eigenvalue weighted by Gasteiger charge is -2.25. The molecule has 1 aliphatic heterocycles. The Hall–Kier alpha value is -1.02. The molecule has 1 rings (SSSR count). The van der Waals surface area contributed by atoms with Crippen LogP contribution in [0.15, 0.2) is 0 Å². The predicted octanol–water partition coefficient (Wildman–Crippen LogP) is 1.00. The lowest BCUT2D eigenvalue weighted by atomic mass is 10.0. The molecule has 0 bridgehead atoms. The summed E-state index contributed by atoms with van der Waals surface area (Å²) in [4.78, 5) is 22.0. The summed E-state index contributed by atoms with van der Waals surface area (Å²) in [7, 11) is 1.81. The van der Waals surface area contributed by atoms with Crippen LogP contribution in [0.2, 0.25) is 0 Å². The molecule has 0 atom stereocenters. The van der Waals surface area contributed by atoms with Crippen LogP contribution in [0.3, 0.4) is 0 Å². The van der Waals surface area contributed by atoms with Crippen LogP contribution in [-0.2, 0) is 14.3 Å². The number of aliphatic hydroxyl groups is 1. The smallest absolute Gasteiger partial charge is 0.303 e. The maximum atomic E-state index is 9.85. The number of carbonyl (C=O) groups is 2. The maximum Gasteiger partial charge on any atom is 0.303 e. The first-order valence-corrected chi connectivity index (χ1v) is 8.50. The number of aliphatic carboxylic acids is 1. The third kappa shape index (κ3) is 23.2. The Morgan fingerprint density at radius 1 is 1.25 bits per heavy atom. The van der Waals surface area contributed by atoms with E-state index in [1.807, 2.05) is 27.8 Å². The number of rotatable bonds is 7. The number of nitrogens with zero attached hydrogens (tertiary/aromatic N) is 1. The quantitative estimate of drug-likeness (QED) is 0.466. The van der Waals surface area contributed by atoms with Gasteiger partial charge in [-0.05, 0) is 26.4 Å². The summed E-state index contributed by atoms with van der Waals surface area (Å²) in [5.41, 5.74) is -0.139. The lowest BCUT2D eigenvalue weighted by molar-refractivity contribution is -0.137. The normalized spacial score (nSPS) is 14.7. The van der Waals surface area contributed by atoms with Crippen molar-refractivity contribution in [1.82, 2.24) is 10.2 Å². The largest absolute Gasteiger partial charge is 0.481 e. The van der Waals surface area contributed by atoms with Gasteiger partial charge in [-0.25, -0.2) is 0 Å². The van der Waals surface area contributed by atoms with Crippen molar-refractivity contribution in [3.05, 3.63) is 0 Å². The van der Waals surface area contributed by atoms with Gasteiger partial charge in [-0.1, -0.05) is 20.8 Å². The van der Waals surface area contributed by atoms with Crippen molar-refractivity contribution >= 4 is 12.3 Å². The molecule has 0 aliphatic carbocycles. The highest BCUT2D eigenvalue weighted by atomic mass is 16.5. The fraction of sp³-hybridized carbons (Fsp3) is 0.882. The molecule has 1 saturated heterocycles. The van der Waals surface area contributed by atoms with Gasteiger partial charge >= 0.3 is 5.97 Å². The second kappa shape index (κ2) is 16.8. The molecule has 0 spiro atoms. The molecule has 0 aromatic heterocycles. The first-order valence-electron chi connectivity index (χ1n) is 8.50. The molecule has 0 aromatic rings. The zero-order valence-corrected chi connectivity index (χ0v) is 15.7. The van der Waals surface area contributed by atoms with Gasteiger partial charge in [-0.2, -0.15) is 0 Å². The third-order valence-electron chi connectivity index (χ3n) is 2.91. The van der Waals surface area contributed by atoms with E-state index in [9.17, 15) is 9.59 Å². The second-order valence-corrected chi connectivity index (χ2v) is 6.62. The van der Waals surface area contributed by atoms with E-state index in [2.05, 4.69) is 10.2 Å². The number of aliphatic hydroxyl groups excluding tert-OH is 1. The zero-order valence-electron chi connectivity index (χ0n) is 15.7. The highest BCUT2D eigenvalue weighted by molar-refractivity contribution is 5.66. The molecule has 7 nitrogen and oxygen atoms in total. The van der Waals surface area contributed by atoms with Gasteiger partial charge in [-0.15, -0.1) is 0 Å². The van der Waals surface area contributed by atoms with Gasteiger partial charge in [0.1, 0.15) is 6.29 Å². The lowest BCUT2D eigenvalue weighted by Crippen LogP contribution is -2.37. The Morgan fingerprint density at radius 2 is 1.79 bits per heavy atom. The Morgan fingerprint density at radius 3 is 2.17 bits per heavy atom. The number of carbonyl (C=O) groups excluding carboxylic acids is 1. The number of morpholine rings is 1. The van der Waals surface area contributed by atoms with Crippen molar-refractivity contribution in [1.29, 1.82) is 0 Å². The average molecular weight is 348 g/mol. The van der Waals surface area contributed by atoms with Crippen LogP contribution in [-0.4, -0.2) is 80.4 Å². The van der Waals surface area contributed by atoms with Crippen LogP contribution in [0.4, 0.5) is 0 Å².